The Balaban J connectivity index is 1.49. The summed E-state index contributed by atoms with van der Waals surface area (Å²) in [6.07, 6.45) is 5.62. The SMILES string of the molecule is CCCCCc1ccc(C2CCc3cc(C#Cc4ccc(F)c(F)c4)ccc3C2)c(F)c1F. The van der Waals surface area contributed by atoms with E-state index in [4.69, 9.17) is 0 Å². The zero-order chi connectivity index (χ0) is 23.4. The molecule has 0 nitrogen and oxygen atoms in total. The molecule has 0 N–H and O–H groups in total. The number of rotatable bonds is 5. The van der Waals surface area contributed by atoms with Crippen molar-refractivity contribution in [3.63, 3.8) is 0 Å². The lowest BCUT2D eigenvalue weighted by Gasteiger charge is -2.26. The van der Waals surface area contributed by atoms with Gasteiger partial charge >= 0.3 is 0 Å². The highest BCUT2D eigenvalue weighted by atomic mass is 19.2. The Bertz CT molecular complexity index is 1220. The third-order valence-electron chi connectivity index (χ3n) is 6.39. The van der Waals surface area contributed by atoms with Crippen LogP contribution in [-0.2, 0) is 19.3 Å². The number of aryl methyl sites for hydroxylation is 2. The van der Waals surface area contributed by atoms with Gasteiger partial charge < -0.3 is 0 Å². The Morgan fingerprint density at radius 2 is 1.55 bits per heavy atom. The maximum Gasteiger partial charge on any atom is 0.162 e. The molecule has 0 bridgehead atoms. The van der Waals surface area contributed by atoms with Crippen LogP contribution in [0.4, 0.5) is 17.6 Å². The molecule has 0 spiro atoms. The first-order valence-electron chi connectivity index (χ1n) is 11.5. The van der Waals surface area contributed by atoms with Crippen LogP contribution in [0, 0.1) is 35.1 Å². The summed E-state index contributed by atoms with van der Waals surface area (Å²) < 4.78 is 55.9. The maximum absolute atomic E-state index is 14.9. The van der Waals surface area contributed by atoms with E-state index in [9.17, 15) is 17.6 Å². The molecule has 0 saturated heterocycles. The molecule has 0 fully saturated rings. The standard InChI is InChI=1S/C29H26F4/c1-2-3-4-5-21-13-14-25(29(33)28(21)32)24-12-11-22-16-19(8-10-23(22)18-24)6-7-20-9-15-26(30)27(31)17-20/h8-10,13-17,24H,2-5,11-12,18H2,1H3. The highest BCUT2D eigenvalue weighted by Gasteiger charge is 2.25. The van der Waals surface area contributed by atoms with E-state index in [1.807, 2.05) is 18.2 Å². The molecule has 1 aliphatic carbocycles. The molecule has 0 saturated carbocycles. The fraction of sp³-hybridized carbons (Fsp3) is 0.310. The summed E-state index contributed by atoms with van der Waals surface area (Å²) in [7, 11) is 0. The van der Waals surface area contributed by atoms with Gasteiger partial charge in [-0.3, -0.25) is 0 Å². The van der Waals surface area contributed by atoms with Gasteiger partial charge in [-0.05, 0) is 90.6 Å². The molecule has 3 aromatic rings. The smallest absolute Gasteiger partial charge is 0.162 e. The molecule has 3 aromatic carbocycles. The predicted octanol–water partition coefficient (Wildman–Crippen LogP) is 7.65. The summed E-state index contributed by atoms with van der Waals surface area (Å²) >= 11 is 0. The second kappa shape index (κ2) is 10.3. The summed E-state index contributed by atoms with van der Waals surface area (Å²) in [5.74, 6) is 2.58. The van der Waals surface area contributed by atoms with Crippen molar-refractivity contribution in [1.29, 1.82) is 0 Å². The topological polar surface area (TPSA) is 0 Å². The van der Waals surface area contributed by atoms with Gasteiger partial charge in [0, 0.05) is 11.1 Å². The zero-order valence-electron chi connectivity index (χ0n) is 18.7. The van der Waals surface area contributed by atoms with Gasteiger partial charge in [0.15, 0.2) is 23.3 Å². The van der Waals surface area contributed by atoms with Crippen molar-refractivity contribution in [1.82, 2.24) is 0 Å². The van der Waals surface area contributed by atoms with Crippen LogP contribution in [0.3, 0.4) is 0 Å². The molecule has 0 amide bonds. The first kappa shape index (κ1) is 23.1. The minimum absolute atomic E-state index is 0.0594. The van der Waals surface area contributed by atoms with Crippen LogP contribution in [0.15, 0.2) is 48.5 Å². The highest BCUT2D eigenvalue weighted by Crippen LogP contribution is 2.35. The highest BCUT2D eigenvalue weighted by molar-refractivity contribution is 5.47. The lowest BCUT2D eigenvalue weighted by Crippen LogP contribution is -2.15. The number of hydrogen-bond donors (Lipinski definition) is 0. The Morgan fingerprint density at radius 1 is 0.788 bits per heavy atom. The molecule has 0 radical (unpaired) electrons. The Labute approximate surface area is 192 Å². The maximum atomic E-state index is 14.9. The predicted molar refractivity (Wildman–Crippen MR) is 123 cm³/mol. The van der Waals surface area contributed by atoms with Crippen LogP contribution < -0.4 is 0 Å². The lowest BCUT2D eigenvalue weighted by atomic mass is 9.79. The first-order valence-corrected chi connectivity index (χ1v) is 11.5. The second-order valence-electron chi connectivity index (χ2n) is 8.70. The molecule has 1 atom stereocenters. The molecule has 0 aliphatic heterocycles. The van der Waals surface area contributed by atoms with Gasteiger partial charge in [-0.1, -0.05) is 49.8 Å². The lowest BCUT2D eigenvalue weighted by molar-refractivity contribution is 0.466. The molecule has 1 aliphatic rings. The van der Waals surface area contributed by atoms with E-state index in [0.29, 0.717) is 29.5 Å². The number of benzene rings is 3. The first-order chi connectivity index (χ1) is 16.0. The molecule has 4 rings (SSSR count). The molecule has 0 heterocycles. The monoisotopic (exact) mass is 450 g/mol. The normalized spacial score (nSPS) is 15.0. The number of hydrogen-bond acceptors (Lipinski definition) is 0. The van der Waals surface area contributed by atoms with Crippen LogP contribution in [0.5, 0.6) is 0 Å². The van der Waals surface area contributed by atoms with Crippen molar-refractivity contribution >= 4 is 0 Å². The fourth-order valence-corrected chi connectivity index (χ4v) is 4.49. The Kier molecular flexibility index (Phi) is 7.18. The van der Waals surface area contributed by atoms with Gasteiger partial charge in [-0.25, -0.2) is 17.6 Å². The average Bonchev–Trinajstić information content (AvgIpc) is 2.82. The Hall–Kier alpha value is -3.06. The summed E-state index contributed by atoms with van der Waals surface area (Å²) in [6.45, 7) is 2.09. The minimum Gasteiger partial charge on any atom is -0.204 e. The van der Waals surface area contributed by atoms with E-state index < -0.39 is 23.3 Å². The molecule has 1 unspecified atom stereocenters. The fourth-order valence-electron chi connectivity index (χ4n) is 4.49. The molecule has 33 heavy (non-hydrogen) atoms. The Morgan fingerprint density at radius 3 is 2.30 bits per heavy atom. The molecular weight excluding hydrogens is 424 g/mol. The average molecular weight is 451 g/mol. The largest absolute Gasteiger partial charge is 0.204 e. The second-order valence-corrected chi connectivity index (χ2v) is 8.70. The zero-order valence-corrected chi connectivity index (χ0v) is 18.7. The summed E-state index contributed by atoms with van der Waals surface area (Å²) in [5.41, 5.74) is 4.36. The van der Waals surface area contributed by atoms with Crippen molar-refractivity contribution in [2.45, 2.75) is 57.8 Å². The van der Waals surface area contributed by atoms with E-state index >= 15 is 0 Å². The quantitative estimate of drug-likeness (QED) is 0.213. The van der Waals surface area contributed by atoms with Gasteiger partial charge in [0.05, 0.1) is 0 Å². The third kappa shape index (κ3) is 5.30. The molecule has 0 aromatic heterocycles. The van der Waals surface area contributed by atoms with Gasteiger partial charge in [0.2, 0.25) is 0 Å². The van der Waals surface area contributed by atoms with Crippen molar-refractivity contribution in [3.8, 4) is 11.8 Å². The van der Waals surface area contributed by atoms with Gasteiger partial charge in [-0.2, -0.15) is 0 Å². The van der Waals surface area contributed by atoms with Crippen molar-refractivity contribution in [3.05, 3.63) is 105 Å². The molecule has 4 heteroatoms. The van der Waals surface area contributed by atoms with Gasteiger partial charge in [-0.15, -0.1) is 0 Å². The van der Waals surface area contributed by atoms with Crippen LogP contribution in [0.1, 0.15) is 71.9 Å². The number of halogens is 4. The summed E-state index contributed by atoms with van der Waals surface area (Å²) in [5, 5.41) is 0. The van der Waals surface area contributed by atoms with Crippen LogP contribution in [-0.4, -0.2) is 0 Å². The van der Waals surface area contributed by atoms with Crippen LogP contribution in [0.25, 0.3) is 0 Å². The number of unbranched alkanes of at least 4 members (excludes halogenated alkanes) is 2. The van der Waals surface area contributed by atoms with E-state index in [1.54, 1.807) is 12.1 Å². The van der Waals surface area contributed by atoms with E-state index in [1.165, 1.54) is 6.07 Å². The number of fused-ring (bicyclic) bond motifs is 1. The minimum atomic E-state index is -0.920. The van der Waals surface area contributed by atoms with E-state index in [2.05, 4.69) is 18.8 Å². The van der Waals surface area contributed by atoms with Crippen LogP contribution >= 0.6 is 0 Å². The molecular formula is C29H26F4. The molecule has 170 valence electrons. The summed E-state index contributed by atoms with van der Waals surface area (Å²) in [4.78, 5) is 0. The van der Waals surface area contributed by atoms with Gasteiger partial charge in [0.1, 0.15) is 0 Å². The van der Waals surface area contributed by atoms with Gasteiger partial charge in [0.25, 0.3) is 0 Å². The van der Waals surface area contributed by atoms with Crippen LogP contribution in [0.2, 0.25) is 0 Å². The van der Waals surface area contributed by atoms with Crippen molar-refractivity contribution in [2.24, 2.45) is 0 Å². The van der Waals surface area contributed by atoms with E-state index in [0.717, 1.165) is 60.9 Å². The van der Waals surface area contributed by atoms with Crippen molar-refractivity contribution in [2.75, 3.05) is 0 Å². The van der Waals surface area contributed by atoms with E-state index in [-0.39, 0.29) is 5.92 Å². The third-order valence-corrected chi connectivity index (χ3v) is 6.39. The van der Waals surface area contributed by atoms with Crippen molar-refractivity contribution < 1.29 is 17.6 Å². The summed E-state index contributed by atoms with van der Waals surface area (Å²) in [6, 6.07) is 12.9.